The second-order valence-corrected chi connectivity index (χ2v) is 5.38. The Morgan fingerprint density at radius 1 is 1.09 bits per heavy atom. The zero-order valence-electron chi connectivity index (χ0n) is 13.2. The fourth-order valence-electron chi connectivity index (χ4n) is 2.12. The average Bonchev–Trinajstić information content (AvgIpc) is 2.51. The van der Waals surface area contributed by atoms with E-state index in [9.17, 15) is 14.0 Å². The molecule has 0 aliphatic rings. The maximum atomic E-state index is 13.7. The first-order valence-electron chi connectivity index (χ1n) is 7.31. The van der Waals surface area contributed by atoms with Gasteiger partial charge in [0.2, 0.25) is 11.8 Å². The first-order valence-corrected chi connectivity index (χ1v) is 7.31. The minimum Gasteiger partial charge on any atom is -0.329 e. The number of amides is 2. The molecular weight excluding hydrogens is 295 g/mol. The first-order chi connectivity index (χ1) is 11.0. The van der Waals surface area contributed by atoms with Crippen LogP contribution in [0.1, 0.15) is 18.1 Å². The van der Waals surface area contributed by atoms with Crippen molar-refractivity contribution in [3.8, 4) is 0 Å². The summed E-state index contributed by atoms with van der Waals surface area (Å²) < 4.78 is 13.7. The number of rotatable bonds is 5. The Kier molecular flexibility index (Phi) is 5.46. The third-order valence-electron chi connectivity index (χ3n) is 3.43. The summed E-state index contributed by atoms with van der Waals surface area (Å²) in [5.74, 6) is -0.995. The minimum atomic E-state index is -0.391. The Bertz CT molecular complexity index is 698. The molecular formula is C18H19FN2O2. The molecule has 0 saturated heterocycles. The van der Waals surface area contributed by atoms with Crippen LogP contribution in [0.2, 0.25) is 0 Å². The summed E-state index contributed by atoms with van der Waals surface area (Å²) >= 11 is 0. The van der Waals surface area contributed by atoms with Gasteiger partial charge in [-0.25, -0.2) is 4.39 Å². The number of anilines is 1. The van der Waals surface area contributed by atoms with Crippen LogP contribution in [0.25, 0.3) is 0 Å². The SMILES string of the molecule is CC(=O)N(CC(=O)Nc1ccc(C)cc1)Cc1ccccc1F. The molecule has 0 bridgehead atoms. The number of carbonyl (C=O) groups is 2. The molecule has 0 aromatic heterocycles. The van der Waals surface area contributed by atoms with E-state index in [1.165, 1.54) is 17.9 Å². The van der Waals surface area contributed by atoms with E-state index in [0.29, 0.717) is 11.3 Å². The average molecular weight is 314 g/mol. The highest BCUT2D eigenvalue weighted by Gasteiger charge is 2.16. The number of nitrogens with zero attached hydrogens (tertiary/aromatic N) is 1. The van der Waals surface area contributed by atoms with Crippen molar-refractivity contribution in [1.29, 1.82) is 0 Å². The van der Waals surface area contributed by atoms with Crippen LogP contribution >= 0.6 is 0 Å². The molecule has 0 radical (unpaired) electrons. The van der Waals surface area contributed by atoms with Crippen LogP contribution in [-0.2, 0) is 16.1 Å². The Hall–Kier alpha value is -2.69. The van der Waals surface area contributed by atoms with Crippen LogP contribution in [0.4, 0.5) is 10.1 Å². The van der Waals surface area contributed by atoms with Gasteiger partial charge in [0.1, 0.15) is 12.4 Å². The van der Waals surface area contributed by atoms with Gasteiger partial charge in [-0.15, -0.1) is 0 Å². The van der Waals surface area contributed by atoms with Crippen molar-refractivity contribution in [2.45, 2.75) is 20.4 Å². The zero-order valence-corrected chi connectivity index (χ0v) is 13.2. The second-order valence-electron chi connectivity index (χ2n) is 5.38. The van der Waals surface area contributed by atoms with Gasteiger partial charge in [0, 0.05) is 24.7 Å². The van der Waals surface area contributed by atoms with Gasteiger partial charge in [0.05, 0.1) is 0 Å². The number of aryl methyl sites for hydroxylation is 1. The van der Waals surface area contributed by atoms with Gasteiger partial charge in [0.25, 0.3) is 0 Å². The Morgan fingerprint density at radius 3 is 2.35 bits per heavy atom. The largest absolute Gasteiger partial charge is 0.329 e. The molecule has 4 nitrogen and oxygen atoms in total. The molecule has 0 unspecified atom stereocenters. The van der Waals surface area contributed by atoms with E-state index in [1.807, 2.05) is 19.1 Å². The molecule has 2 aromatic rings. The lowest BCUT2D eigenvalue weighted by Crippen LogP contribution is -2.36. The molecule has 2 aromatic carbocycles. The number of hydrogen-bond donors (Lipinski definition) is 1. The number of carbonyl (C=O) groups excluding carboxylic acids is 2. The van der Waals surface area contributed by atoms with E-state index in [-0.39, 0.29) is 24.9 Å². The van der Waals surface area contributed by atoms with Gasteiger partial charge in [-0.1, -0.05) is 35.9 Å². The summed E-state index contributed by atoms with van der Waals surface area (Å²) in [7, 11) is 0. The molecule has 0 atom stereocenters. The van der Waals surface area contributed by atoms with E-state index in [1.54, 1.807) is 30.3 Å². The molecule has 0 aliphatic carbocycles. The summed E-state index contributed by atoms with van der Waals surface area (Å²) in [5, 5.41) is 2.73. The van der Waals surface area contributed by atoms with Crippen LogP contribution in [0.15, 0.2) is 48.5 Å². The normalized spacial score (nSPS) is 10.2. The van der Waals surface area contributed by atoms with Crippen molar-refractivity contribution in [2.24, 2.45) is 0 Å². The summed E-state index contributed by atoms with van der Waals surface area (Å²) in [6.45, 7) is 3.25. The molecule has 1 N–H and O–H groups in total. The van der Waals surface area contributed by atoms with E-state index < -0.39 is 5.82 Å². The predicted molar refractivity (Wildman–Crippen MR) is 87.3 cm³/mol. The first kappa shape index (κ1) is 16.7. The molecule has 120 valence electrons. The van der Waals surface area contributed by atoms with Crippen LogP contribution in [-0.4, -0.2) is 23.3 Å². The number of halogens is 1. The quantitative estimate of drug-likeness (QED) is 0.922. The van der Waals surface area contributed by atoms with Crippen molar-refractivity contribution < 1.29 is 14.0 Å². The lowest BCUT2D eigenvalue weighted by molar-refractivity contribution is -0.133. The fourth-order valence-corrected chi connectivity index (χ4v) is 2.12. The number of benzene rings is 2. The highest BCUT2D eigenvalue weighted by molar-refractivity contribution is 5.94. The van der Waals surface area contributed by atoms with Crippen molar-refractivity contribution >= 4 is 17.5 Å². The van der Waals surface area contributed by atoms with Gasteiger partial charge in [0.15, 0.2) is 0 Å². The van der Waals surface area contributed by atoms with Crippen molar-refractivity contribution in [3.63, 3.8) is 0 Å². The second kappa shape index (κ2) is 7.54. The van der Waals surface area contributed by atoms with E-state index in [0.717, 1.165) is 5.56 Å². The van der Waals surface area contributed by atoms with E-state index in [4.69, 9.17) is 0 Å². The van der Waals surface area contributed by atoms with Crippen LogP contribution in [0.5, 0.6) is 0 Å². The third kappa shape index (κ3) is 4.92. The predicted octanol–water partition coefficient (Wildman–Crippen LogP) is 3.12. The molecule has 2 rings (SSSR count). The Labute approximate surface area is 134 Å². The maximum Gasteiger partial charge on any atom is 0.244 e. The monoisotopic (exact) mass is 314 g/mol. The van der Waals surface area contributed by atoms with Gasteiger partial charge >= 0.3 is 0 Å². The van der Waals surface area contributed by atoms with Crippen molar-refractivity contribution in [3.05, 3.63) is 65.5 Å². The van der Waals surface area contributed by atoms with Gasteiger partial charge in [-0.05, 0) is 25.1 Å². The topological polar surface area (TPSA) is 49.4 Å². The Morgan fingerprint density at radius 2 is 1.74 bits per heavy atom. The molecule has 0 saturated carbocycles. The number of nitrogens with one attached hydrogen (secondary N) is 1. The third-order valence-corrected chi connectivity index (χ3v) is 3.43. The highest BCUT2D eigenvalue weighted by atomic mass is 19.1. The molecule has 0 aliphatic heterocycles. The van der Waals surface area contributed by atoms with E-state index >= 15 is 0 Å². The van der Waals surface area contributed by atoms with Crippen molar-refractivity contribution in [1.82, 2.24) is 4.90 Å². The van der Waals surface area contributed by atoms with Crippen LogP contribution in [0.3, 0.4) is 0 Å². The summed E-state index contributed by atoms with van der Waals surface area (Å²) in [5.41, 5.74) is 2.13. The van der Waals surface area contributed by atoms with Crippen LogP contribution in [0, 0.1) is 12.7 Å². The summed E-state index contributed by atoms with van der Waals surface area (Å²) in [6.07, 6.45) is 0. The van der Waals surface area contributed by atoms with Gasteiger partial charge in [-0.2, -0.15) is 0 Å². The molecule has 0 spiro atoms. The van der Waals surface area contributed by atoms with E-state index in [2.05, 4.69) is 5.32 Å². The molecule has 0 heterocycles. The smallest absolute Gasteiger partial charge is 0.244 e. The molecule has 5 heteroatoms. The highest BCUT2D eigenvalue weighted by Crippen LogP contribution is 2.11. The van der Waals surface area contributed by atoms with Crippen LogP contribution < -0.4 is 5.32 Å². The lowest BCUT2D eigenvalue weighted by Gasteiger charge is -2.21. The summed E-state index contributed by atoms with van der Waals surface area (Å²) in [6, 6.07) is 13.6. The minimum absolute atomic E-state index is 0.0589. The van der Waals surface area contributed by atoms with Crippen molar-refractivity contribution in [2.75, 3.05) is 11.9 Å². The Balaban J connectivity index is 2.01. The van der Waals surface area contributed by atoms with Gasteiger partial charge in [-0.3, -0.25) is 9.59 Å². The van der Waals surface area contributed by atoms with Gasteiger partial charge < -0.3 is 10.2 Å². The maximum absolute atomic E-state index is 13.7. The molecule has 2 amide bonds. The standard InChI is InChI=1S/C18H19FN2O2/c1-13-7-9-16(10-8-13)20-18(23)12-21(14(2)22)11-15-5-3-4-6-17(15)19/h3-10H,11-12H2,1-2H3,(H,20,23). The molecule has 0 fully saturated rings. The molecule has 23 heavy (non-hydrogen) atoms. The fraction of sp³-hybridized carbons (Fsp3) is 0.222. The summed E-state index contributed by atoms with van der Waals surface area (Å²) in [4.78, 5) is 25.1. The lowest BCUT2D eigenvalue weighted by atomic mass is 10.2. The zero-order chi connectivity index (χ0) is 16.8. The number of hydrogen-bond acceptors (Lipinski definition) is 2.